The van der Waals surface area contributed by atoms with Gasteiger partial charge in [-0.2, -0.15) is 0 Å². The van der Waals surface area contributed by atoms with Crippen LogP contribution in [-0.4, -0.2) is 16.1 Å². The van der Waals surface area contributed by atoms with Crippen LogP contribution >= 0.6 is 11.3 Å². The number of aromatic carboxylic acids is 1. The van der Waals surface area contributed by atoms with E-state index in [-0.39, 0.29) is 0 Å². The van der Waals surface area contributed by atoms with Gasteiger partial charge in [0.15, 0.2) is 0 Å². The predicted octanol–water partition coefficient (Wildman–Crippen LogP) is 3.13. The second-order valence-electron chi connectivity index (χ2n) is 3.55. The van der Waals surface area contributed by atoms with Crippen molar-refractivity contribution in [2.24, 2.45) is 0 Å². The van der Waals surface area contributed by atoms with Crippen molar-refractivity contribution in [2.45, 2.75) is 13.8 Å². The highest BCUT2D eigenvalue weighted by molar-refractivity contribution is 7.15. The number of aryl methyl sites for hydroxylation is 2. The van der Waals surface area contributed by atoms with Gasteiger partial charge in [0.25, 0.3) is 0 Å². The van der Waals surface area contributed by atoms with Gasteiger partial charge in [-0.1, -0.05) is 12.1 Å². The minimum Gasteiger partial charge on any atom is -0.478 e. The Bertz CT molecular complexity index is 526. The third-order valence-electron chi connectivity index (χ3n) is 2.38. The number of aromatic nitrogens is 1. The summed E-state index contributed by atoms with van der Waals surface area (Å²) < 4.78 is 0. The molecule has 16 heavy (non-hydrogen) atoms. The molecule has 0 aliphatic carbocycles. The molecule has 0 spiro atoms. The average molecular weight is 233 g/mol. The molecule has 1 heterocycles. The minimum atomic E-state index is -0.910. The van der Waals surface area contributed by atoms with E-state index in [1.807, 2.05) is 19.9 Å². The van der Waals surface area contributed by atoms with Crippen LogP contribution in [0.3, 0.4) is 0 Å². The number of carboxylic acid groups (broad SMARTS) is 1. The van der Waals surface area contributed by atoms with Crippen molar-refractivity contribution in [3.63, 3.8) is 0 Å². The van der Waals surface area contributed by atoms with Gasteiger partial charge >= 0.3 is 5.97 Å². The first-order valence-electron chi connectivity index (χ1n) is 4.85. The van der Waals surface area contributed by atoms with Crippen molar-refractivity contribution >= 4 is 17.3 Å². The van der Waals surface area contributed by atoms with Crippen molar-refractivity contribution in [1.29, 1.82) is 0 Å². The molecule has 0 aliphatic rings. The van der Waals surface area contributed by atoms with Crippen LogP contribution in [0.1, 0.15) is 20.9 Å². The van der Waals surface area contributed by atoms with E-state index in [0.717, 1.165) is 21.1 Å². The summed E-state index contributed by atoms with van der Waals surface area (Å²) in [7, 11) is 0. The molecule has 0 bridgehead atoms. The fourth-order valence-electron chi connectivity index (χ4n) is 1.38. The number of nitrogens with zero attached hydrogens (tertiary/aromatic N) is 1. The number of benzene rings is 1. The predicted molar refractivity (Wildman–Crippen MR) is 64.0 cm³/mol. The fraction of sp³-hybridized carbons (Fsp3) is 0.167. The van der Waals surface area contributed by atoms with Crippen LogP contribution in [0.4, 0.5) is 0 Å². The van der Waals surface area contributed by atoms with Crippen LogP contribution in [0.5, 0.6) is 0 Å². The van der Waals surface area contributed by atoms with Crippen LogP contribution in [0.2, 0.25) is 0 Å². The molecule has 0 radical (unpaired) electrons. The topological polar surface area (TPSA) is 50.2 Å². The van der Waals surface area contributed by atoms with Crippen molar-refractivity contribution < 1.29 is 9.90 Å². The molecule has 0 fully saturated rings. The number of hydrogen-bond acceptors (Lipinski definition) is 3. The largest absolute Gasteiger partial charge is 0.478 e. The summed E-state index contributed by atoms with van der Waals surface area (Å²) in [6.45, 7) is 3.97. The Hall–Kier alpha value is -1.68. The van der Waals surface area contributed by atoms with Crippen LogP contribution in [0, 0.1) is 13.8 Å². The Balaban J connectivity index is 2.48. The normalized spacial score (nSPS) is 10.4. The van der Waals surface area contributed by atoms with Crippen LogP contribution < -0.4 is 0 Å². The number of thiazole rings is 1. The number of carbonyl (C=O) groups is 1. The maximum atomic E-state index is 10.8. The highest BCUT2D eigenvalue weighted by Gasteiger charge is 2.08. The van der Waals surface area contributed by atoms with Crippen molar-refractivity contribution in [2.75, 3.05) is 0 Å². The van der Waals surface area contributed by atoms with Crippen LogP contribution in [0.15, 0.2) is 24.3 Å². The Morgan fingerprint density at radius 1 is 1.38 bits per heavy atom. The van der Waals surface area contributed by atoms with E-state index in [0.29, 0.717) is 5.56 Å². The molecule has 1 aromatic carbocycles. The molecule has 4 heteroatoms. The Morgan fingerprint density at radius 3 is 2.69 bits per heavy atom. The SMILES string of the molecule is Cc1nc(-c2cccc(C(=O)O)c2)sc1C. The minimum absolute atomic E-state index is 0.294. The van der Waals surface area contributed by atoms with Crippen LogP contribution in [0.25, 0.3) is 10.6 Å². The molecule has 82 valence electrons. The smallest absolute Gasteiger partial charge is 0.335 e. The van der Waals surface area contributed by atoms with Gasteiger partial charge in [0, 0.05) is 10.4 Å². The summed E-state index contributed by atoms with van der Waals surface area (Å²) in [5.41, 5.74) is 2.16. The Kier molecular flexibility index (Phi) is 2.75. The zero-order valence-corrected chi connectivity index (χ0v) is 9.84. The molecule has 2 aromatic rings. The van der Waals surface area contributed by atoms with Crippen molar-refractivity contribution in [3.8, 4) is 10.6 Å². The van der Waals surface area contributed by atoms with Gasteiger partial charge in [0.1, 0.15) is 5.01 Å². The number of hydrogen-bond donors (Lipinski definition) is 1. The van der Waals surface area contributed by atoms with Crippen LogP contribution in [-0.2, 0) is 0 Å². The molecule has 2 rings (SSSR count). The van der Waals surface area contributed by atoms with Gasteiger partial charge in [-0.05, 0) is 26.0 Å². The monoisotopic (exact) mass is 233 g/mol. The average Bonchev–Trinajstić information content (AvgIpc) is 2.59. The van der Waals surface area contributed by atoms with E-state index in [9.17, 15) is 4.79 Å². The van der Waals surface area contributed by atoms with Gasteiger partial charge in [-0.3, -0.25) is 0 Å². The van der Waals surface area contributed by atoms with E-state index in [1.54, 1.807) is 29.5 Å². The molecular weight excluding hydrogens is 222 g/mol. The zero-order chi connectivity index (χ0) is 11.7. The van der Waals surface area contributed by atoms with E-state index in [4.69, 9.17) is 5.11 Å². The van der Waals surface area contributed by atoms with E-state index >= 15 is 0 Å². The molecule has 0 atom stereocenters. The molecule has 0 unspecified atom stereocenters. The molecule has 0 aliphatic heterocycles. The van der Waals surface area contributed by atoms with E-state index in [2.05, 4.69) is 4.98 Å². The molecule has 1 N–H and O–H groups in total. The lowest BCUT2D eigenvalue weighted by Gasteiger charge is -1.98. The molecule has 0 saturated heterocycles. The van der Waals surface area contributed by atoms with E-state index < -0.39 is 5.97 Å². The molecule has 1 aromatic heterocycles. The summed E-state index contributed by atoms with van der Waals surface area (Å²) in [5.74, 6) is -0.910. The molecular formula is C12H11NO2S. The molecule has 0 amide bonds. The Labute approximate surface area is 97.4 Å². The Morgan fingerprint density at radius 2 is 2.12 bits per heavy atom. The number of carboxylic acids is 1. The lowest BCUT2D eigenvalue weighted by atomic mass is 10.1. The lowest BCUT2D eigenvalue weighted by molar-refractivity contribution is 0.0697. The second-order valence-corrected chi connectivity index (χ2v) is 4.75. The van der Waals surface area contributed by atoms with Gasteiger partial charge in [0.2, 0.25) is 0 Å². The summed E-state index contributed by atoms with van der Waals surface area (Å²) in [5, 5.41) is 9.77. The first kappa shape index (κ1) is 10.8. The van der Waals surface area contributed by atoms with Gasteiger partial charge in [-0.25, -0.2) is 9.78 Å². The van der Waals surface area contributed by atoms with E-state index in [1.165, 1.54) is 0 Å². The first-order chi connectivity index (χ1) is 7.58. The van der Waals surface area contributed by atoms with Crippen molar-refractivity contribution in [1.82, 2.24) is 4.98 Å². The van der Waals surface area contributed by atoms with Gasteiger partial charge in [0.05, 0.1) is 11.3 Å². The molecule has 3 nitrogen and oxygen atoms in total. The van der Waals surface area contributed by atoms with Gasteiger partial charge in [-0.15, -0.1) is 11.3 Å². The third kappa shape index (κ3) is 1.97. The first-order valence-corrected chi connectivity index (χ1v) is 5.67. The lowest BCUT2D eigenvalue weighted by Crippen LogP contribution is -1.95. The second kappa shape index (κ2) is 4.06. The maximum absolute atomic E-state index is 10.8. The standard InChI is InChI=1S/C12H11NO2S/c1-7-8(2)16-11(13-7)9-4-3-5-10(6-9)12(14)15/h3-6H,1-2H3,(H,14,15). The quantitative estimate of drug-likeness (QED) is 0.867. The fourth-order valence-corrected chi connectivity index (χ4v) is 2.29. The highest BCUT2D eigenvalue weighted by atomic mass is 32.1. The highest BCUT2D eigenvalue weighted by Crippen LogP contribution is 2.27. The summed E-state index contributed by atoms with van der Waals surface area (Å²) in [6, 6.07) is 6.86. The summed E-state index contributed by atoms with van der Waals surface area (Å²) in [4.78, 5) is 16.4. The summed E-state index contributed by atoms with van der Waals surface area (Å²) >= 11 is 1.58. The van der Waals surface area contributed by atoms with Gasteiger partial charge < -0.3 is 5.11 Å². The molecule has 0 saturated carbocycles. The maximum Gasteiger partial charge on any atom is 0.335 e. The number of rotatable bonds is 2. The van der Waals surface area contributed by atoms with Crippen molar-refractivity contribution in [3.05, 3.63) is 40.4 Å². The summed E-state index contributed by atoms with van der Waals surface area (Å²) in [6.07, 6.45) is 0. The zero-order valence-electron chi connectivity index (χ0n) is 9.02. The third-order valence-corrected chi connectivity index (χ3v) is 3.51.